The van der Waals surface area contributed by atoms with Crippen molar-refractivity contribution in [3.05, 3.63) is 0 Å². The number of methoxy groups -OCH3 is 1. The average Bonchev–Trinajstić information content (AvgIpc) is 2.56. The highest BCUT2D eigenvalue weighted by Crippen LogP contribution is 2.29. The van der Waals surface area contributed by atoms with Gasteiger partial charge in [0.2, 0.25) is 0 Å². The Bertz CT molecular complexity index is 232. The van der Waals surface area contributed by atoms with E-state index in [-0.39, 0.29) is 6.09 Å². The SMILES string of the molecule is COC(=O)N1CCC[C@H]2CN(C)C[C@H]21. The molecule has 0 bridgehead atoms. The Morgan fingerprint density at radius 1 is 1.43 bits per heavy atom. The van der Waals surface area contributed by atoms with Crippen molar-refractivity contribution in [2.45, 2.75) is 18.9 Å². The number of rotatable bonds is 0. The van der Waals surface area contributed by atoms with Crippen LogP contribution < -0.4 is 0 Å². The first kappa shape index (κ1) is 9.77. The Morgan fingerprint density at radius 3 is 2.93 bits per heavy atom. The maximum Gasteiger partial charge on any atom is 0.409 e. The molecule has 0 saturated carbocycles. The summed E-state index contributed by atoms with van der Waals surface area (Å²) in [6.07, 6.45) is 2.21. The van der Waals surface area contributed by atoms with E-state index in [1.54, 1.807) is 0 Å². The number of hydrogen-bond donors (Lipinski definition) is 0. The first-order valence-electron chi connectivity index (χ1n) is 5.25. The highest BCUT2D eigenvalue weighted by molar-refractivity contribution is 5.68. The molecule has 80 valence electrons. The number of amides is 1. The maximum atomic E-state index is 11.5. The standard InChI is InChI=1S/C10H18N2O2/c1-11-6-8-4-3-5-12(9(8)7-11)10(13)14-2/h8-9H,3-7H2,1-2H3/t8-,9+/m0/s1. The number of nitrogens with zero attached hydrogens (tertiary/aromatic N) is 2. The van der Waals surface area contributed by atoms with E-state index in [9.17, 15) is 4.79 Å². The minimum Gasteiger partial charge on any atom is -0.453 e. The Labute approximate surface area is 84.8 Å². The number of fused-ring (bicyclic) bond motifs is 1. The molecule has 2 fully saturated rings. The summed E-state index contributed by atoms with van der Waals surface area (Å²) in [5.74, 6) is 0.660. The average molecular weight is 198 g/mol. The van der Waals surface area contributed by atoms with Crippen LogP contribution >= 0.6 is 0 Å². The lowest BCUT2D eigenvalue weighted by Crippen LogP contribution is -2.48. The first-order valence-corrected chi connectivity index (χ1v) is 5.25. The monoisotopic (exact) mass is 198 g/mol. The molecule has 14 heavy (non-hydrogen) atoms. The molecule has 2 aliphatic rings. The molecule has 0 aromatic carbocycles. The number of piperidine rings is 1. The smallest absolute Gasteiger partial charge is 0.409 e. The van der Waals surface area contributed by atoms with Crippen LogP contribution in [0.15, 0.2) is 0 Å². The van der Waals surface area contributed by atoms with Gasteiger partial charge in [0.25, 0.3) is 0 Å². The summed E-state index contributed by atoms with van der Waals surface area (Å²) < 4.78 is 4.80. The molecule has 1 amide bonds. The number of likely N-dealkylation sites (N-methyl/N-ethyl adjacent to an activating group) is 1. The predicted octanol–water partition coefficient (Wildman–Crippen LogP) is 0.779. The lowest BCUT2D eigenvalue weighted by atomic mass is 9.92. The van der Waals surface area contributed by atoms with Crippen LogP contribution in [-0.4, -0.2) is 55.7 Å². The topological polar surface area (TPSA) is 32.8 Å². The van der Waals surface area contributed by atoms with Crippen LogP contribution in [0.1, 0.15) is 12.8 Å². The van der Waals surface area contributed by atoms with E-state index in [4.69, 9.17) is 4.74 Å². The van der Waals surface area contributed by atoms with Crippen molar-refractivity contribution in [1.29, 1.82) is 0 Å². The summed E-state index contributed by atoms with van der Waals surface area (Å²) in [6, 6.07) is 0.390. The first-order chi connectivity index (χ1) is 6.72. The summed E-state index contributed by atoms with van der Waals surface area (Å²) >= 11 is 0. The summed E-state index contributed by atoms with van der Waals surface area (Å²) in [5, 5.41) is 0. The van der Waals surface area contributed by atoms with Crippen LogP contribution in [0.2, 0.25) is 0 Å². The van der Waals surface area contributed by atoms with Crippen molar-refractivity contribution >= 4 is 6.09 Å². The van der Waals surface area contributed by atoms with E-state index < -0.39 is 0 Å². The van der Waals surface area contributed by atoms with Gasteiger partial charge in [0.15, 0.2) is 0 Å². The summed E-state index contributed by atoms with van der Waals surface area (Å²) in [5.41, 5.74) is 0. The fraction of sp³-hybridized carbons (Fsp3) is 0.900. The lowest BCUT2D eigenvalue weighted by Gasteiger charge is -2.35. The van der Waals surface area contributed by atoms with E-state index >= 15 is 0 Å². The highest BCUT2D eigenvalue weighted by atomic mass is 16.5. The number of likely N-dealkylation sites (tertiary alicyclic amines) is 2. The van der Waals surface area contributed by atoms with E-state index in [2.05, 4.69) is 11.9 Å². The molecule has 0 aromatic rings. The maximum absolute atomic E-state index is 11.5. The van der Waals surface area contributed by atoms with Gasteiger partial charge in [-0.25, -0.2) is 4.79 Å². The zero-order valence-electron chi connectivity index (χ0n) is 8.90. The number of ether oxygens (including phenoxy) is 1. The van der Waals surface area contributed by atoms with Crippen molar-refractivity contribution in [2.75, 3.05) is 33.8 Å². The fourth-order valence-electron chi connectivity index (χ4n) is 2.74. The Balaban J connectivity index is 2.07. The minimum absolute atomic E-state index is 0.157. The molecule has 0 aliphatic carbocycles. The summed E-state index contributed by atoms with van der Waals surface area (Å²) in [4.78, 5) is 15.7. The van der Waals surface area contributed by atoms with Gasteiger partial charge in [0.05, 0.1) is 13.2 Å². The van der Waals surface area contributed by atoms with Gasteiger partial charge < -0.3 is 14.5 Å². The van der Waals surface area contributed by atoms with Crippen LogP contribution in [-0.2, 0) is 4.74 Å². The van der Waals surface area contributed by atoms with E-state index in [1.165, 1.54) is 13.5 Å². The summed E-state index contributed by atoms with van der Waals surface area (Å²) in [6.45, 7) is 2.99. The fourth-order valence-corrected chi connectivity index (χ4v) is 2.74. The molecule has 4 nitrogen and oxygen atoms in total. The van der Waals surface area contributed by atoms with Crippen molar-refractivity contribution < 1.29 is 9.53 Å². The zero-order valence-corrected chi connectivity index (χ0v) is 8.90. The van der Waals surface area contributed by atoms with Crippen LogP contribution in [0.4, 0.5) is 4.79 Å². The highest BCUT2D eigenvalue weighted by Gasteiger charge is 2.39. The molecule has 2 aliphatic heterocycles. The van der Waals surface area contributed by atoms with Gasteiger partial charge in [0, 0.05) is 19.6 Å². The Morgan fingerprint density at radius 2 is 2.21 bits per heavy atom. The van der Waals surface area contributed by atoms with Gasteiger partial charge in [-0.05, 0) is 25.8 Å². The van der Waals surface area contributed by atoms with E-state index in [1.807, 2.05) is 4.90 Å². The molecular weight excluding hydrogens is 180 g/mol. The van der Waals surface area contributed by atoms with Gasteiger partial charge in [-0.1, -0.05) is 0 Å². The van der Waals surface area contributed by atoms with Crippen LogP contribution in [0.25, 0.3) is 0 Å². The lowest BCUT2D eigenvalue weighted by molar-refractivity contribution is 0.0805. The number of carbonyl (C=O) groups is 1. The van der Waals surface area contributed by atoms with Gasteiger partial charge in [-0.3, -0.25) is 0 Å². The van der Waals surface area contributed by atoms with Crippen LogP contribution in [0.5, 0.6) is 0 Å². The number of carbonyl (C=O) groups excluding carboxylic acids is 1. The molecule has 0 spiro atoms. The van der Waals surface area contributed by atoms with Crippen molar-refractivity contribution in [3.63, 3.8) is 0 Å². The van der Waals surface area contributed by atoms with Crippen molar-refractivity contribution in [2.24, 2.45) is 5.92 Å². The molecule has 0 N–H and O–H groups in total. The molecule has 0 radical (unpaired) electrons. The molecule has 4 heteroatoms. The molecule has 2 heterocycles. The third-order valence-corrected chi connectivity index (χ3v) is 3.37. The Kier molecular flexibility index (Phi) is 2.63. The number of hydrogen-bond acceptors (Lipinski definition) is 3. The van der Waals surface area contributed by atoms with Crippen molar-refractivity contribution in [3.8, 4) is 0 Å². The van der Waals surface area contributed by atoms with Gasteiger partial charge in [0.1, 0.15) is 0 Å². The molecule has 2 saturated heterocycles. The predicted molar refractivity (Wildman–Crippen MR) is 53.1 cm³/mol. The zero-order chi connectivity index (χ0) is 10.1. The largest absolute Gasteiger partial charge is 0.453 e. The molecule has 0 aromatic heterocycles. The second-order valence-electron chi connectivity index (χ2n) is 4.35. The summed E-state index contributed by atoms with van der Waals surface area (Å²) in [7, 11) is 3.58. The van der Waals surface area contributed by atoms with Crippen LogP contribution in [0, 0.1) is 5.92 Å². The third kappa shape index (κ3) is 1.59. The molecular formula is C10H18N2O2. The second kappa shape index (κ2) is 3.77. The third-order valence-electron chi connectivity index (χ3n) is 3.37. The quantitative estimate of drug-likeness (QED) is 0.576. The Hall–Kier alpha value is -0.770. The van der Waals surface area contributed by atoms with Gasteiger partial charge >= 0.3 is 6.09 Å². The normalized spacial score (nSPS) is 32.9. The van der Waals surface area contributed by atoms with E-state index in [0.29, 0.717) is 12.0 Å². The molecule has 0 unspecified atom stereocenters. The van der Waals surface area contributed by atoms with Gasteiger partial charge in [-0.2, -0.15) is 0 Å². The molecule has 2 atom stereocenters. The molecule has 2 rings (SSSR count). The van der Waals surface area contributed by atoms with E-state index in [0.717, 1.165) is 26.1 Å². The second-order valence-corrected chi connectivity index (χ2v) is 4.35. The van der Waals surface area contributed by atoms with Crippen LogP contribution in [0.3, 0.4) is 0 Å². The van der Waals surface area contributed by atoms with Gasteiger partial charge in [-0.15, -0.1) is 0 Å². The van der Waals surface area contributed by atoms with Crippen molar-refractivity contribution in [1.82, 2.24) is 9.80 Å². The minimum atomic E-state index is -0.157.